The molecule has 2 heterocycles. The smallest absolute Gasteiger partial charge is 0.194 e. The average Bonchev–Trinajstić information content (AvgIpc) is 2.89. The Morgan fingerprint density at radius 1 is 1.38 bits per heavy atom. The molecular weight excluding hydrogens is 280 g/mol. The van der Waals surface area contributed by atoms with Crippen LogP contribution in [0.15, 0.2) is 4.99 Å². The lowest BCUT2D eigenvalue weighted by molar-refractivity contribution is 0.314. The topological polar surface area (TPSA) is 30.9 Å². The maximum atomic E-state index is 4.94. The lowest BCUT2D eigenvalue weighted by atomic mass is 10.1. The van der Waals surface area contributed by atoms with Crippen LogP contribution in [0.4, 0.5) is 0 Å². The fourth-order valence-electron chi connectivity index (χ4n) is 3.10. The van der Waals surface area contributed by atoms with E-state index in [0.717, 1.165) is 43.3 Å². The van der Waals surface area contributed by atoms with Gasteiger partial charge in [0, 0.05) is 36.7 Å². The van der Waals surface area contributed by atoms with Crippen molar-refractivity contribution < 1.29 is 0 Å². The lowest BCUT2D eigenvalue weighted by Gasteiger charge is -2.36. The Kier molecular flexibility index (Phi) is 6.68. The van der Waals surface area contributed by atoms with Gasteiger partial charge in [-0.25, -0.2) is 0 Å². The van der Waals surface area contributed by atoms with E-state index in [9.17, 15) is 0 Å². The van der Waals surface area contributed by atoms with Crippen molar-refractivity contribution in [1.29, 1.82) is 0 Å². The third-order valence-corrected chi connectivity index (χ3v) is 6.13. The fourth-order valence-corrected chi connectivity index (χ4v) is 4.40. The van der Waals surface area contributed by atoms with Gasteiger partial charge >= 0.3 is 0 Å². The van der Waals surface area contributed by atoms with E-state index in [1.807, 2.05) is 0 Å². The molecule has 0 saturated carbocycles. The molecule has 0 bridgehead atoms. The monoisotopic (exact) mass is 312 g/mol. The lowest BCUT2D eigenvalue weighted by Crippen LogP contribution is -2.49. The van der Waals surface area contributed by atoms with Crippen LogP contribution in [0.3, 0.4) is 0 Å². The SMILES string of the molecule is CCNC(=NCC1CCCN1C)N1CCSC(C(C)C)C1. The van der Waals surface area contributed by atoms with Crippen LogP contribution in [0.5, 0.6) is 0 Å². The van der Waals surface area contributed by atoms with Crippen molar-refractivity contribution in [3.63, 3.8) is 0 Å². The molecule has 0 aromatic carbocycles. The van der Waals surface area contributed by atoms with E-state index in [0.29, 0.717) is 6.04 Å². The van der Waals surface area contributed by atoms with Crippen molar-refractivity contribution in [2.45, 2.75) is 44.9 Å². The number of aliphatic imine (C=N–C) groups is 1. The molecule has 0 aromatic rings. The zero-order valence-electron chi connectivity index (χ0n) is 14.1. The predicted molar refractivity (Wildman–Crippen MR) is 94.3 cm³/mol. The van der Waals surface area contributed by atoms with Gasteiger partial charge in [-0.2, -0.15) is 11.8 Å². The van der Waals surface area contributed by atoms with Gasteiger partial charge in [-0.3, -0.25) is 4.99 Å². The van der Waals surface area contributed by atoms with Crippen molar-refractivity contribution in [2.75, 3.05) is 45.5 Å². The predicted octanol–water partition coefficient (Wildman–Crippen LogP) is 2.12. The number of hydrogen-bond donors (Lipinski definition) is 1. The maximum Gasteiger partial charge on any atom is 0.194 e. The first-order chi connectivity index (χ1) is 10.1. The highest BCUT2D eigenvalue weighted by atomic mass is 32.2. The number of nitrogens with zero attached hydrogens (tertiary/aromatic N) is 3. The molecule has 2 saturated heterocycles. The Morgan fingerprint density at radius 2 is 2.19 bits per heavy atom. The summed E-state index contributed by atoms with van der Waals surface area (Å²) in [6.45, 7) is 12.2. The van der Waals surface area contributed by atoms with Gasteiger partial charge in [0.05, 0.1) is 6.54 Å². The van der Waals surface area contributed by atoms with Gasteiger partial charge in [0.2, 0.25) is 0 Å². The summed E-state index contributed by atoms with van der Waals surface area (Å²) >= 11 is 2.12. The first-order valence-corrected chi connectivity index (χ1v) is 9.51. The van der Waals surface area contributed by atoms with Gasteiger partial charge in [-0.05, 0) is 39.3 Å². The summed E-state index contributed by atoms with van der Waals surface area (Å²) < 4.78 is 0. The average molecular weight is 313 g/mol. The number of thioether (sulfide) groups is 1. The number of rotatable bonds is 4. The maximum absolute atomic E-state index is 4.94. The minimum Gasteiger partial charge on any atom is -0.357 e. The van der Waals surface area contributed by atoms with Gasteiger partial charge in [-0.1, -0.05) is 13.8 Å². The molecule has 0 aromatic heterocycles. The number of guanidine groups is 1. The molecule has 0 radical (unpaired) electrons. The van der Waals surface area contributed by atoms with Gasteiger partial charge in [0.1, 0.15) is 0 Å². The van der Waals surface area contributed by atoms with E-state index in [1.165, 1.54) is 25.1 Å². The van der Waals surface area contributed by atoms with E-state index < -0.39 is 0 Å². The second-order valence-corrected chi connectivity index (χ2v) is 7.92. The highest BCUT2D eigenvalue weighted by Crippen LogP contribution is 2.25. The van der Waals surface area contributed by atoms with Crippen LogP contribution in [-0.4, -0.2) is 72.6 Å². The van der Waals surface area contributed by atoms with E-state index >= 15 is 0 Å². The van der Waals surface area contributed by atoms with Crippen molar-refractivity contribution in [3.05, 3.63) is 0 Å². The summed E-state index contributed by atoms with van der Waals surface area (Å²) in [4.78, 5) is 9.87. The Bertz CT molecular complexity index is 345. The number of nitrogens with one attached hydrogen (secondary N) is 1. The molecule has 2 rings (SSSR count). The van der Waals surface area contributed by atoms with Gasteiger partial charge in [0.25, 0.3) is 0 Å². The molecule has 4 nitrogen and oxygen atoms in total. The molecule has 0 aliphatic carbocycles. The second kappa shape index (κ2) is 8.28. The number of hydrogen-bond acceptors (Lipinski definition) is 3. The van der Waals surface area contributed by atoms with Crippen molar-refractivity contribution >= 4 is 17.7 Å². The van der Waals surface area contributed by atoms with E-state index in [1.54, 1.807) is 0 Å². The minimum absolute atomic E-state index is 0.638. The summed E-state index contributed by atoms with van der Waals surface area (Å²) in [6.07, 6.45) is 2.62. The van der Waals surface area contributed by atoms with E-state index in [4.69, 9.17) is 4.99 Å². The molecule has 2 aliphatic heterocycles. The summed E-state index contributed by atoms with van der Waals surface area (Å²) in [5, 5.41) is 4.23. The number of likely N-dealkylation sites (tertiary alicyclic amines) is 1. The zero-order valence-corrected chi connectivity index (χ0v) is 15.0. The van der Waals surface area contributed by atoms with Crippen LogP contribution in [0.1, 0.15) is 33.6 Å². The molecular formula is C16H32N4S. The molecule has 21 heavy (non-hydrogen) atoms. The van der Waals surface area contributed by atoms with Gasteiger partial charge in [-0.15, -0.1) is 0 Å². The molecule has 2 fully saturated rings. The minimum atomic E-state index is 0.638. The van der Waals surface area contributed by atoms with Crippen molar-refractivity contribution in [3.8, 4) is 0 Å². The first-order valence-electron chi connectivity index (χ1n) is 8.47. The van der Waals surface area contributed by atoms with Gasteiger partial charge < -0.3 is 15.1 Å². The zero-order chi connectivity index (χ0) is 15.2. The third kappa shape index (κ3) is 4.78. The fraction of sp³-hybridized carbons (Fsp3) is 0.938. The quantitative estimate of drug-likeness (QED) is 0.636. The van der Waals surface area contributed by atoms with Crippen LogP contribution >= 0.6 is 11.8 Å². The Hall–Kier alpha value is -0.420. The molecule has 5 heteroatoms. The summed E-state index contributed by atoms with van der Waals surface area (Å²) in [5.74, 6) is 3.08. The molecule has 122 valence electrons. The Morgan fingerprint density at radius 3 is 2.81 bits per heavy atom. The molecule has 0 amide bonds. The second-order valence-electron chi connectivity index (χ2n) is 6.57. The summed E-state index contributed by atoms with van der Waals surface area (Å²) in [6, 6.07) is 0.638. The highest BCUT2D eigenvalue weighted by molar-refractivity contribution is 8.00. The first kappa shape index (κ1) is 16.9. The van der Waals surface area contributed by atoms with Crippen LogP contribution in [0.25, 0.3) is 0 Å². The van der Waals surface area contributed by atoms with Crippen LogP contribution in [0, 0.1) is 5.92 Å². The van der Waals surface area contributed by atoms with E-state index in [-0.39, 0.29) is 0 Å². The molecule has 2 unspecified atom stereocenters. The van der Waals surface area contributed by atoms with Crippen LogP contribution in [0.2, 0.25) is 0 Å². The molecule has 0 spiro atoms. The third-order valence-electron chi connectivity index (χ3n) is 4.59. The largest absolute Gasteiger partial charge is 0.357 e. The molecule has 2 aliphatic rings. The normalized spacial score (nSPS) is 28.4. The summed E-state index contributed by atoms with van der Waals surface area (Å²) in [5.41, 5.74) is 0. The molecule has 2 atom stereocenters. The Balaban J connectivity index is 1.96. The highest BCUT2D eigenvalue weighted by Gasteiger charge is 2.26. The standard InChI is InChI=1S/C16H32N4S/c1-5-17-16(18-11-14-7-6-8-19(14)4)20-9-10-21-15(12-20)13(2)3/h13-15H,5-12H2,1-4H3,(H,17,18). The Labute approximate surface area is 134 Å². The van der Waals surface area contributed by atoms with E-state index in [2.05, 4.69) is 54.7 Å². The number of likely N-dealkylation sites (N-methyl/N-ethyl adjacent to an activating group) is 1. The molecule has 1 N–H and O–H groups in total. The van der Waals surface area contributed by atoms with Gasteiger partial charge in [0.15, 0.2) is 5.96 Å². The summed E-state index contributed by atoms with van der Waals surface area (Å²) in [7, 11) is 2.23. The van der Waals surface area contributed by atoms with Crippen LogP contribution < -0.4 is 5.32 Å². The van der Waals surface area contributed by atoms with Crippen molar-refractivity contribution in [1.82, 2.24) is 15.1 Å². The van der Waals surface area contributed by atoms with Crippen LogP contribution in [-0.2, 0) is 0 Å². The van der Waals surface area contributed by atoms with Crippen molar-refractivity contribution in [2.24, 2.45) is 10.9 Å².